The molecule has 9 aromatic rings. The van der Waals surface area contributed by atoms with E-state index in [1.165, 1.54) is 11.1 Å². The molecule has 0 radical (unpaired) electrons. The summed E-state index contributed by atoms with van der Waals surface area (Å²) in [5.74, 6) is 0.697. The third-order valence-electron chi connectivity index (χ3n) is 8.60. The van der Waals surface area contributed by atoms with E-state index in [0.717, 1.165) is 66.3 Å². The van der Waals surface area contributed by atoms with Gasteiger partial charge in [0.1, 0.15) is 5.65 Å². The van der Waals surface area contributed by atoms with Crippen LogP contribution in [0.1, 0.15) is 0 Å². The summed E-state index contributed by atoms with van der Waals surface area (Å²) in [6, 6.07) is 52.8. The molecular formula is C41H26N4. The molecule has 4 heteroatoms. The average molecular weight is 575 g/mol. The van der Waals surface area contributed by atoms with E-state index in [0.29, 0.717) is 5.82 Å². The second kappa shape index (κ2) is 10.2. The maximum absolute atomic E-state index is 5.13. The van der Waals surface area contributed by atoms with E-state index >= 15 is 0 Å². The third-order valence-corrected chi connectivity index (χ3v) is 8.60. The van der Waals surface area contributed by atoms with Crippen molar-refractivity contribution in [3.8, 4) is 45.0 Å². The van der Waals surface area contributed by atoms with Crippen LogP contribution in [-0.4, -0.2) is 19.4 Å². The number of benzene rings is 6. The van der Waals surface area contributed by atoms with Crippen LogP contribution < -0.4 is 0 Å². The molecule has 3 aromatic heterocycles. The van der Waals surface area contributed by atoms with Crippen molar-refractivity contribution in [1.82, 2.24) is 19.4 Å². The molecule has 0 saturated heterocycles. The molecule has 3 heterocycles. The Morgan fingerprint density at radius 3 is 1.62 bits per heavy atom. The van der Waals surface area contributed by atoms with E-state index in [2.05, 4.69) is 120 Å². The molecule has 0 fully saturated rings. The van der Waals surface area contributed by atoms with Crippen LogP contribution in [0.15, 0.2) is 158 Å². The molecule has 210 valence electrons. The van der Waals surface area contributed by atoms with Gasteiger partial charge in [-0.15, -0.1) is 0 Å². The smallest absolute Gasteiger partial charge is 0.160 e. The lowest BCUT2D eigenvalue weighted by Gasteiger charge is -2.13. The molecule has 0 amide bonds. The van der Waals surface area contributed by atoms with Crippen molar-refractivity contribution >= 4 is 38.2 Å². The molecule has 9 rings (SSSR count). The second-order valence-corrected chi connectivity index (χ2v) is 11.3. The first-order valence-electron chi connectivity index (χ1n) is 15.1. The zero-order valence-electron chi connectivity index (χ0n) is 24.3. The Morgan fingerprint density at radius 1 is 0.378 bits per heavy atom. The van der Waals surface area contributed by atoms with E-state index in [1.54, 1.807) is 0 Å². The number of imidazole rings is 1. The highest BCUT2D eigenvalue weighted by molar-refractivity contribution is 6.25. The van der Waals surface area contributed by atoms with Crippen LogP contribution in [0.5, 0.6) is 0 Å². The Balaban J connectivity index is 1.35. The number of hydrogen-bond donors (Lipinski definition) is 0. The normalized spacial score (nSPS) is 11.6. The lowest BCUT2D eigenvalue weighted by molar-refractivity contribution is 1.18. The number of fused-ring (bicyclic) bond motifs is 8. The van der Waals surface area contributed by atoms with Gasteiger partial charge in [-0.1, -0.05) is 121 Å². The summed E-state index contributed by atoms with van der Waals surface area (Å²) in [5, 5.41) is 4.58. The number of rotatable bonds is 4. The first kappa shape index (κ1) is 25.4. The van der Waals surface area contributed by atoms with Crippen LogP contribution in [0.4, 0.5) is 0 Å². The van der Waals surface area contributed by atoms with Crippen molar-refractivity contribution in [3.05, 3.63) is 158 Å². The lowest BCUT2D eigenvalue weighted by atomic mass is 9.94. The predicted octanol–water partition coefficient (Wildman–Crippen LogP) is 10.3. The first-order valence-corrected chi connectivity index (χ1v) is 15.1. The molecular weight excluding hydrogens is 548 g/mol. The van der Waals surface area contributed by atoms with E-state index < -0.39 is 0 Å². The van der Waals surface area contributed by atoms with Gasteiger partial charge in [-0.25, -0.2) is 15.0 Å². The van der Waals surface area contributed by atoms with Gasteiger partial charge in [0, 0.05) is 33.7 Å². The van der Waals surface area contributed by atoms with Crippen LogP contribution in [0.25, 0.3) is 83.3 Å². The van der Waals surface area contributed by atoms with Crippen molar-refractivity contribution in [2.75, 3.05) is 0 Å². The minimum absolute atomic E-state index is 0.697. The van der Waals surface area contributed by atoms with Crippen molar-refractivity contribution < 1.29 is 0 Å². The first-order chi connectivity index (χ1) is 22.3. The molecule has 0 aliphatic carbocycles. The molecule has 0 aliphatic heterocycles. The summed E-state index contributed by atoms with van der Waals surface area (Å²) in [4.78, 5) is 15.4. The fourth-order valence-electron chi connectivity index (χ4n) is 6.43. The van der Waals surface area contributed by atoms with Gasteiger partial charge in [0.25, 0.3) is 0 Å². The Labute approximate surface area is 259 Å². The monoisotopic (exact) mass is 574 g/mol. The minimum Gasteiger partial charge on any atom is -0.299 e. The molecule has 0 spiro atoms. The van der Waals surface area contributed by atoms with Crippen LogP contribution in [0, 0.1) is 0 Å². The van der Waals surface area contributed by atoms with Gasteiger partial charge in [-0.3, -0.25) is 4.40 Å². The highest BCUT2D eigenvalue weighted by atomic mass is 15.0. The summed E-state index contributed by atoms with van der Waals surface area (Å²) in [7, 11) is 0. The quantitative estimate of drug-likeness (QED) is 0.196. The fraction of sp³-hybridized carbons (Fsp3) is 0. The highest BCUT2D eigenvalue weighted by Crippen LogP contribution is 2.39. The van der Waals surface area contributed by atoms with Crippen LogP contribution in [0.2, 0.25) is 0 Å². The number of aromatic nitrogens is 4. The molecule has 4 nitrogen and oxygen atoms in total. The summed E-state index contributed by atoms with van der Waals surface area (Å²) < 4.78 is 2.20. The fourth-order valence-corrected chi connectivity index (χ4v) is 6.43. The highest BCUT2D eigenvalue weighted by Gasteiger charge is 2.17. The van der Waals surface area contributed by atoms with Gasteiger partial charge in [0.05, 0.1) is 22.4 Å². The molecule has 0 bridgehead atoms. The Morgan fingerprint density at radius 2 is 0.933 bits per heavy atom. The van der Waals surface area contributed by atoms with Gasteiger partial charge in [0.15, 0.2) is 5.82 Å². The van der Waals surface area contributed by atoms with Crippen molar-refractivity contribution in [2.24, 2.45) is 0 Å². The maximum atomic E-state index is 5.13. The Kier molecular flexibility index (Phi) is 5.78. The Hall–Kier alpha value is -6.13. The molecule has 0 atom stereocenters. The van der Waals surface area contributed by atoms with Crippen LogP contribution in [-0.2, 0) is 0 Å². The third kappa shape index (κ3) is 4.27. The predicted molar refractivity (Wildman–Crippen MR) is 185 cm³/mol. The average Bonchev–Trinajstić information content (AvgIpc) is 3.52. The summed E-state index contributed by atoms with van der Waals surface area (Å²) >= 11 is 0. The standard InChI is InChI=1S/C41H26N4/c1-4-12-27(13-5-1)30-19-21-32-34(24-30)35-25-31(20-22-33(35)40-39(32)44-38-18-10-11-23-45(38)40)41-42-36(28-14-6-2-7-15-28)26-37(43-41)29-16-8-3-9-17-29/h1-26H. The SMILES string of the molecule is c1ccc(-c2ccc3c(c2)c2cc(-c4nc(-c5ccccc5)cc(-c5ccccc5)n4)ccc2c2c3nc3ccccn32)cc1. The van der Waals surface area contributed by atoms with E-state index in [4.69, 9.17) is 15.0 Å². The zero-order valence-corrected chi connectivity index (χ0v) is 24.3. The van der Waals surface area contributed by atoms with Crippen molar-refractivity contribution in [1.29, 1.82) is 0 Å². The van der Waals surface area contributed by atoms with Gasteiger partial charge in [-0.05, 0) is 52.2 Å². The topological polar surface area (TPSA) is 43.1 Å². The largest absolute Gasteiger partial charge is 0.299 e. The minimum atomic E-state index is 0.697. The number of nitrogens with zero attached hydrogens (tertiary/aromatic N) is 4. The number of pyridine rings is 1. The molecule has 0 unspecified atom stereocenters. The van der Waals surface area contributed by atoms with Crippen molar-refractivity contribution in [2.45, 2.75) is 0 Å². The molecule has 45 heavy (non-hydrogen) atoms. The molecule has 0 aliphatic rings. The van der Waals surface area contributed by atoms with Gasteiger partial charge in [0.2, 0.25) is 0 Å². The molecule has 0 saturated carbocycles. The van der Waals surface area contributed by atoms with Gasteiger partial charge < -0.3 is 0 Å². The summed E-state index contributed by atoms with van der Waals surface area (Å²) in [5.41, 5.74) is 10.3. The van der Waals surface area contributed by atoms with E-state index in [-0.39, 0.29) is 0 Å². The second-order valence-electron chi connectivity index (χ2n) is 11.3. The van der Waals surface area contributed by atoms with Crippen LogP contribution in [0.3, 0.4) is 0 Å². The summed E-state index contributed by atoms with van der Waals surface area (Å²) in [6.45, 7) is 0. The number of hydrogen-bond acceptors (Lipinski definition) is 3. The van der Waals surface area contributed by atoms with Gasteiger partial charge >= 0.3 is 0 Å². The Bertz CT molecular complexity index is 2460. The maximum Gasteiger partial charge on any atom is 0.160 e. The van der Waals surface area contributed by atoms with Crippen LogP contribution >= 0.6 is 0 Å². The van der Waals surface area contributed by atoms with Crippen molar-refractivity contribution in [3.63, 3.8) is 0 Å². The molecule has 0 N–H and O–H groups in total. The zero-order chi connectivity index (χ0) is 29.7. The van der Waals surface area contributed by atoms with E-state index in [9.17, 15) is 0 Å². The van der Waals surface area contributed by atoms with Gasteiger partial charge in [-0.2, -0.15) is 0 Å². The lowest BCUT2D eigenvalue weighted by Crippen LogP contribution is -1.96. The molecule has 6 aromatic carbocycles. The summed E-state index contributed by atoms with van der Waals surface area (Å²) in [6.07, 6.45) is 2.10. The van der Waals surface area contributed by atoms with E-state index in [1.807, 2.05) is 42.5 Å².